The van der Waals surface area contributed by atoms with E-state index in [2.05, 4.69) is 10.00 Å². The molecule has 1 fully saturated rings. The average Bonchev–Trinajstić information content (AvgIpc) is 3.05. The lowest BCUT2D eigenvalue weighted by Gasteiger charge is -2.25. The number of aromatic nitrogens is 2. The van der Waals surface area contributed by atoms with Crippen LogP contribution in [-0.2, 0) is 25.9 Å². The summed E-state index contributed by atoms with van der Waals surface area (Å²) in [5.41, 5.74) is 2.43. The van der Waals surface area contributed by atoms with Crippen LogP contribution in [0, 0.1) is 11.6 Å². The lowest BCUT2D eigenvalue weighted by molar-refractivity contribution is 0.213. The Hall–Kier alpha value is -2.08. The third-order valence-corrected chi connectivity index (χ3v) is 5.54. The second kappa shape index (κ2) is 7.27. The largest absolute Gasteiger partial charge is 0.294 e. The first kappa shape index (κ1) is 17.3. The quantitative estimate of drug-likeness (QED) is 0.842. The Morgan fingerprint density at radius 3 is 2.85 bits per heavy atom. The van der Waals surface area contributed by atoms with Gasteiger partial charge in [-0.25, -0.2) is 13.5 Å². The lowest BCUT2D eigenvalue weighted by Crippen LogP contribution is -2.37. The highest BCUT2D eigenvalue weighted by atomic mass is 19.1. The predicted molar refractivity (Wildman–Crippen MR) is 94.9 cm³/mol. The first-order valence-electron chi connectivity index (χ1n) is 9.38. The fraction of sp³-hybridized carbons (Fsp3) is 0.500. The minimum atomic E-state index is -0.426. The van der Waals surface area contributed by atoms with Gasteiger partial charge in [-0.05, 0) is 68.8 Å². The molecule has 138 valence electrons. The summed E-state index contributed by atoms with van der Waals surface area (Å²) in [7, 11) is 0. The van der Waals surface area contributed by atoms with Crippen LogP contribution in [0.4, 0.5) is 8.78 Å². The van der Waals surface area contributed by atoms with Gasteiger partial charge in [0.05, 0.1) is 12.2 Å². The second-order valence-corrected chi connectivity index (χ2v) is 7.35. The van der Waals surface area contributed by atoms with E-state index < -0.39 is 5.82 Å². The third-order valence-electron chi connectivity index (χ3n) is 5.54. The van der Waals surface area contributed by atoms with Gasteiger partial charge < -0.3 is 0 Å². The van der Waals surface area contributed by atoms with Gasteiger partial charge in [0, 0.05) is 24.2 Å². The van der Waals surface area contributed by atoms with Gasteiger partial charge in [0.25, 0.3) is 5.56 Å². The van der Waals surface area contributed by atoms with E-state index in [1.54, 1.807) is 10.7 Å². The highest BCUT2D eigenvalue weighted by Gasteiger charge is 2.27. The van der Waals surface area contributed by atoms with Gasteiger partial charge in [-0.1, -0.05) is 0 Å². The van der Waals surface area contributed by atoms with Gasteiger partial charge in [-0.15, -0.1) is 0 Å². The van der Waals surface area contributed by atoms with Crippen LogP contribution in [0.1, 0.15) is 42.5 Å². The van der Waals surface area contributed by atoms with Crippen LogP contribution < -0.4 is 5.56 Å². The minimum Gasteiger partial charge on any atom is -0.294 e. The van der Waals surface area contributed by atoms with Gasteiger partial charge in [-0.3, -0.25) is 9.69 Å². The van der Waals surface area contributed by atoms with Crippen molar-refractivity contribution in [3.63, 3.8) is 0 Å². The monoisotopic (exact) mass is 359 g/mol. The Bertz CT molecular complexity index is 865. The molecule has 0 radical (unpaired) electrons. The molecule has 2 aromatic rings. The molecule has 0 saturated carbocycles. The molecule has 26 heavy (non-hydrogen) atoms. The highest BCUT2D eigenvalue weighted by Crippen LogP contribution is 2.23. The molecule has 1 aromatic carbocycles. The smallest absolute Gasteiger partial charge is 0.267 e. The molecule has 2 heterocycles. The zero-order chi connectivity index (χ0) is 18.1. The van der Waals surface area contributed by atoms with Crippen LogP contribution in [0.15, 0.2) is 29.1 Å². The van der Waals surface area contributed by atoms with Crippen molar-refractivity contribution in [2.24, 2.45) is 0 Å². The van der Waals surface area contributed by atoms with Crippen LogP contribution in [0.2, 0.25) is 0 Å². The number of likely N-dealkylation sites (tertiary alicyclic amines) is 1. The van der Waals surface area contributed by atoms with Crippen LogP contribution in [0.5, 0.6) is 0 Å². The maximum atomic E-state index is 14.0. The normalized spacial score (nSPS) is 20.3. The predicted octanol–water partition coefficient (Wildman–Crippen LogP) is 3.06. The molecule has 0 amide bonds. The number of hydrogen-bond donors (Lipinski definition) is 0. The summed E-state index contributed by atoms with van der Waals surface area (Å²) in [4.78, 5) is 14.5. The topological polar surface area (TPSA) is 38.1 Å². The van der Waals surface area contributed by atoms with Crippen LogP contribution in [-0.4, -0.2) is 27.3 Å². The van der Waals surface area contributed by atoms with E-state index in [-0.39, 0.29) is 17.4 Å². The van der Waals surface area contributed by atoms with Crippen LogP contribution in [0.3, 0.4) is 0 Å². The Labute approximate surface area is 151 Å². The van der Waals surface area contributed by atoms with Crippen molar-refractivity contribution in [2.45, 2.75) is 57.7 Å². The molecule has 1 aliphatic carbocycles. The summed E-state index contributed by atoms with van der Waals surface area (Å²) in [5, 5.41) is 4.59. The SMILES string of the molecule is O=c1cc2c(nn1CC1CCCN1Cc1cc(F)ccc1F)CCCC2. The van der Waals surface area contributed by atoms with Gasteiger partial charge >= 0.3 is 0 Å². The van der Waals surface area contributed by atoms with Crippen LogP contribution in [0.25, 0.3) is 0 Å². The summed E-state index contributed by atoms with van der Waals surface area (Å²) in [6.07, 6.45) is 6.02. The molecule has 1 aliphatic heterocycles. The van der Waals surface area contributed by atoms with Gasteiger partial charge in [0.2, 0.25) is 0 Å². The molecule has 1 saturated heterocycles. The Kier molecular flexibility index (Phi) is 4.85. The van der Waals surface area contributed by atoms with E-state index in [0.717, 1.165) is 62.4 Å². The number of hydrogen-bond acceptors (Lipinski definition) is 3. The van der Waals surface area contributed by atoms with Crippen molar-refractivity contribution >= 4 is 0 Å². The Morgan fingerprint density at radius 1 is 1.12 bits per heavy atom. The van der Waals surface area contributed by atoms with E-state index in [9.17, 15) is 13.6 Å². The standard InChI is InChI=1S/C20H23F2N3O/c21-16-7-8-18(22)15(10-16)12-24-9-3-5-17(24)13-25-20(26)11-14-4-1-2-6-19(14)23-25/h7-8,10-11,17H,1-6,9,12-13H2. The molecule has 0 spiro atoms. The molecule has 0 N–H and O–H groups in total. The molecule has 4 nitrogen and oxygen atoms in total. The Morgan fingerprint density at radius 2 is 1.96 bits per heavy atom. The van der Waals surface area contributed by atoms with E-state index >= 15 is 0 Å². The van der Waals surface area contributed by atoms with Crippen molar-refractivity contribution in [2.75, 3.05) is 6.54 Å². The molecule has 2 aliphatic rings. The number of halogens is 2. The maximum Gasteiger partial charge on any atom is 0.267 e. The van der Waals surface area contributed by atoms with E-state index in [4.69, 9.17) is 0 Å². The van der Waals surface area contributed by atoms with E-state index in [1.807, 2.05) is 0 Å². The first-order valence-corrected chi connectivity index (χ1v) is 9.38. The molecular weight excluding hydrogens is 336 g/mol. The molecule has 6 heteroatoms. The number of aryl methyl sites for hydroxylation is 2. The summed E-state index contributed by atoms with van der Waals surface area (Å²) in [6, 6.07) is 5.41. The van der Waals surface area contributed by atoms with E-state index in [1.165, 1.54) is 12.1 Å². The Balaban J connectivity index is 1.52. The summed E-state index contributed by atoms with van der Waals surface area (Å²) in [6.45, 7) is 1.68. The third kappa shape index (κ3) is 3.56. The average molecular weight is 359 g/mol. The fourth-order valence-electron chi connectivity index (χ4n) is 4.12. The zero-order valence-electron chi connectivity index (χ0n) is 14.8. The van der Waals surface area contributed by atoms with Crippen molar-refractivity contribution in [1.82, 2.24) is 14.7 Å². The second-order valence-electron chi connectivity index (χ2n) is 7.35. The maximum absolute atomic E-state index is 14.0. The molecule has 1 atom stereocenters. The number of benzene rings is 1. The molecule has 1 unspecified atom stereocenters. The number of fused-ring (bicyclic) bond motifs is 1. The summed E-state index contributed by atoms with van der Waals surface area (Å²) >= 11 is 0. The molecule has 4 rings (SSSR count). The molecule has 0 bridgehead atoms. The molecular formula is C20H23F2N3O. The van der Waals surface area contributed by atoms with Crippen molar-refractivity contribution in [3.05, 3.63) is 63.1 Å². The lowest BCUT2D eigenvalue weighted by atomic mass is 9.97. The van der Waals surface area contributed by atoms with Crippen molar-refractivity contribution < 1.29 is 8.78 Å². The first-order chi connectivity index (χ1) is 12.6. The fourth-order valence-corrected chi connectivity index (χ4v) is 4.12. The van der Waals surface area contributed by atoms with E-state index in [0.29, 0.717) is 18.7 Å². The summed E-state index contributed by atoms with van der Waals surface area (Å²) in [5.74, 6) is -0.814. The van der Waals surface area contributed by atoms with Gasteiger partial charge in [0.1, 0.15) is 11.6 Å². The summed E-state index contributed by atoms with van der Waals surface area (Å²) < 4.78 is 29.0. The van der Waals surface area contributed by atoms with Gasteiger partial charge in [-0.2, -0.15) is 5.10 Å². The highest BCUT2D eigenvalue weighted by molar-refractivity contribution is 5.21. The van der Waals surface area contributed by atoms with Crippen molar-refractivity contribution in [3.8, 4) is 0 Å². The van der Waals surface area contributed by atoms with Gasteiger partial charge in [0.15, 0.2) is 0 Å². The number of rotatable bonds is 4. The zero-order valence-corrected chi connectivity index (χ0v) is 14.8. The minimum absolute atomic E-state index is 0.0607. The van der Waals surface area contributed by atoms with Crippen LogP contribution >= 0.6 is 0 Å². The van der Waals surface area contributed by atoms with Crippen molar-refractivity contribution in [1.29, 1.82) is 0 Å². The molecule has 1 aromatic heterocycles. The number of nitrogens with zero attached hydrogens (tertiary/aromatic N) is 3.